The van der Waals surface area contributed by atoms with E-state index >= 15 is 0 Å². The molecule has 1 atom stereocenters. The van der Waals surface area contributed by atoms with Crippen LogP contribution in [0.15, 0.2) is 133 Å². The molecule has 5 aromatic carbocycles. The summed E-state index contributed by atoms with van der Waals surface area (Å²) >= 11 is 0. The van der Waals surface area contributed by atoms with E-state index in [0.29, 0.717) is 22.6 Å². The van der Waals surface area contributed by atoms with Gasteiger partial charge in [-0.05, 0) is 84.9 Å². The van der Waals surface area contributed by atoms with E-state index in [2.05, 4.69) is 0 Å². The van der Waals surface area contributed by atoms with Crippen LogP contribution in [0.5, 0.6) is 28.7 Å². The highest BCUT2D eigenvalue weighted by molar-refractivity contribution is 7.85. The van der Waals surface area contributed by atoms with Crippen LogP contribution in [0.25, 0.3) is 0 Å². The van der Waals surface area contributed by atoms with Crippen molar-refractivity contribution >= 4 is 23.1 Å². The Balaban J connectivity index is 1.46. The summed E-state index contributed by atoms with van der Waals surface area (Å²) in [5.41, 5.74) is 0. The average molecular weight is 478 g/mol. The molecule has 0 aliphatic rings. The highest BCUT2D eigenvalue weighted by atomic mass is 31.2. The smallest absolute Gasteiger partial charge is 0.171 e. The maximum atomic E-state index is 14.7. The number of rotatable bonds is 7. The van der Waals surface area contributed by atoms with E-state index < -0.39 is 7.14 Å². The van der Waals surface area contributed by atoms with E-state index in [1.54, 1.807) is 24.3 Å². The van der Waals surface area contributed by atoms with Crippen molar-refractivity contribution in [3.63, 3.8) is 0 Å². The minimum atomic E-state index is -3.13. The van der Waals surface area contributed by atoms with Crippen molar-refractivity contribution in [2.45, 2.75) is 0 Å². The SMILES string of the molecule is O=P(c1ccccc1)(c1ccc(Oc2ccccc2)cc1)c1ccc(Oc2ccc(O)cc2)cc1. The zero-order valence-electron chi connectivity index (χ0n) is 18.8. The molecular weight excluding hydrogens is 455 g/mol. The summed E-state index contributed by atoms with van der Waals surface area (Å²) < 4.78 is 26.5. The second-order valence-electron chi connectivity index (χ2n) is 7.94. The molecule has 172 valence electrons. The van der Waals surface area contributed by atoms with Gasteiger partial charge in [0.2, 0.25) is 0 Å². The quantitative estimate of drug-likeness (QED) is 0.267. The first-order chi connectivity index (χ1) is 17.1. The lowest BCUT2D eigenvalue weighted by molar-refractivity contribution is 0.464. The Labute approximate surface area is 204 Å². The fraction of sp³-hybridized carbons (Fsp3) is 0. The van der Waals surface area contributed by atoms with Gasteiger partial charge in [0.15, 0.2) is 7.14 Å². The lowest BCUT2D eigenvalue weighted by Crippen LogP contribution is -2.24. The number of para-hydroxylation sites is 1. The molecule has 1 unspecified atom stereocenters. The predicted octanol–water partition coefficient (Wildman–Crippen LogP) is 6.62. The summed E-state index contributed by atoms with van der Waals surface area (Å²) in [7, 11) is -3.13. The molecule has 35 heavy (non-hydrogen) atoms. The molecule has 0 aromatic heterocycles. The summed E-state index contributed by atoms with van der Waals surface area (Å²) in [6.07, 6.45) is 0. The summed E-state index contributed by atoms with van der Waals surface area (Å²) in [5.74, 6) is 2.83. The summed E-state index contributed by atoms with van der Waals surface area (Å²) in [6.45, 7) is 0. The number of hydrogen-bond acceptors (Lipinski definition) is 4. The lowest BCUT2D eigenvalue weighted by Gasteiger charge is -2.20. The minimum absolute atomic E-state index is 0.177. The Morgan fingerprint density at radius 3 is 1.23 bits per heavy atom. The van der Waals surface area contributed by atoms with Crippen LogP contribution in [0.1, 0.15) is 0 Å². The van der Waals surface area contributed by atoms with E-state index in [1.807, 2.05) is 109 Å². The van der Waals surface area contributed by atoms with Crippen molar-refractivity contribution in [2.75, 3.05) is 0 Å². The van der Waals surface area contributed by atoms with Crippen LogP contribution in [0.2, 0.25) is 0 Å². The summed E-state index contributed by atoms with van der Waals surface area (Å²) in [5, 5.41) is 11.6. The van der Waals surface area contributed by atoms with Gasteiger partial charge < -0.3 is 19.1 Å². The normalized spacial score (nSPS) is 12.5. The molecule has 0 heterocycles. The third-order valence-electron chi connectivity index (χ3n) is 5.57. The molecule has 0 fully saturated rings. The van der Waals surface area contributed by atoms with E-state index in [1.165, 1.54) is 0 Å². The second kappa shape index (κ2) is 9.92. The minimum Gasteiger partial charge on any atom is -0.508 e. The Morgan fingerprint density at radius 1 is 0.429 bits per heavy atom. The fourth-order valence-corrected chi connectivity index (χ4v) is 6.43. The number of ether oxygens (including phenoxy) is 2. The molecule has 0 amide bonds. The van der Waals surface area contributed by atoms with Crippen molar-refractivity contribution in [1.29, 1.82) is 0 Å². The van der Waals surface area contributed by atoms with Gasteiger partial charge in [-0.1, -0.05) is 48.5 Å². The molecule has 4 nitrogen and oxygen atoms in total. The average Bonchev–Trinajstić information content (AvgIpc) is 2.91. The molecule has 0 spiro atoms. The van der Waals surface area contributed by atoms with Gasteiger partial charge in [0.05, 0.1) is 0 Å². The lowest BCUT2D eigenvalue weighted by atomic mass is 10.3. The van der Waals surface area contributed by atoms with Crippen LogP contribution in [0.3, 0.4) is 0 Å². The zero-order chi connectivity index (χ0) is 24.1. The molecule has 0 saturated carbocycles. The van der Waals surface area contributed by atoms with Crippen LogP contribution in [-0.4, -0.2) is 5.11 Å². The van der Waals surface area contributed by atoms with Gasteiger partial charge >= 0.3 is 0 Å². The maximum absolute atomic E-state index is 14.7. The summed E-state index contributed by atoms with van der Waals surface area (Å²) in [6, 6.07) is 40.3. The second-order valence-corrected chi connectivity index (χ2v) is 10.7. The molecule has 1 N–H and O–H groups in total. The number of phenols is 1. The number of aromatic hydroxyl groups is 1. The first-order valence-corrected chi connectivity index (χ1v) is 12.9. The maximum Gasteiger partial charge on any atom is 0.171 e. The molecule has 5 heteroatoms. The van der Waals surface area contributed by atoms with Gasteiger partial charge in [-0.15, -0.1) is 0 Å². The van der Waals surface area contributed by atoms with Gasteiger partial charge in [-0.3, -0.25) is 0 Å². The molecular formula is C30H23O4P. The van der Waals surface area contributed by atoms with Gasteiger partial charge in [-0.25, -0.2) is 0 Å². The first-order valence-electron chi connectivity index (χ1n) is 11.2. The number of benzene rings is 5. The zero-order valence-corrected chi connectivity index (χ0v) is 19.7. The Morgan fingerprint density at radius 2 is 0.771 bits per heavy atom. The van der Waals surface area contributed by atoms with Crippen LogP contribution in [0, 0.1) is 0 Å². The van der Waals surface area contributed by atoms with Crippen molar-refractivity contribution in [2.24, 2.45) is 0 Å². The van der Waals surface area contributed by atoms with Gasteiger partial charge in [0, 0.05) is 15.9 Å². The van der Waals surface area contributed by atoms with E-state index in [4.69, 9.17) is 9.47 Å². The highest BCUT2D eigenvalue weighted by Gasteiger charge is 2.29. The van der Waals surface area contributed by atoms with Gasteiger partial charge in [0.1, 0.15) is 28.7 Å². The standard InChI is InChI=1S/C30H23O4P/c31-23-11-13-25(14-12-23)34-27-17-21-30(22-18-27)35(32,28-9-5-2-6-10-28)29-19-15-26(16-20-29)33-24-7-3-1-4-8-24/h1-22,31H. The molecule has 0 saturated heterocycles. The van der Waals surface area contributed by atoms with Crippen LogP contribution in [0.4, 0.5) is 0 Å². The number of hydrogen-bond donors (Lipinski definition) is 1. The van der Waals surface area contributed by atoms with Crippen LogP contribution in [-0.2, 0) is 4.57 Å². The van der Waals surface area contributed by atoms with E-state index in [0.717, 1.165) is 16.4 Å². The molecule has 0 bridgehead atoms. The fourth-order valence-electron chi connectivity index (χ4n) is 3.81. The van der Waals surface area contributed by atoms with Crippen molar-refractivity contribution < 1.29 is 19.1 Å². The largest absolute Gasteiger partial charge is 0.508 e. The number of phenolic OH excluding ortho intramolecular Hbond substituents is 1. The molecule has 5 rings (SSSR count). The van der Waals surface area contributed by atoms with Crippen LogP contribution < -0.4 is 25.4 Å². The molecule has 0 radical (unpaired) electrons. The van der Waals surface area contributed by atoms with Crippen molar-refractivity contribution in [3.8, 4) is 28.7 Å². The van der Waals surface area contributed by atoms with Gasteiger partial charge in [0.25, 0.3) is 0 Å². The van der Waals surface area contributed by atoms with E-state index in [9.17, 15) is 9.67 Å². The molecule has 0 aliphatic carbocycles. The Bertz CT molecular complexity index is 1430. The van der Waals surface area contributed by atoms with E-state index in [-0.39, 0.29) is 5.75 Å². The molecule has 5 aromatic rings. The topological polar surface area (TPSA) is 55.8 Å². The predicted molar refractivity (Wildman–Crippen MR) is 141 cm³/mol. The Kier molecular flexibility index (Phi) is 6.38. The van der Waals surface area contributed by atoms with Gasteiger partial charge in [-0.2, -0.15) is 0 Å². The van der Waals surface area contributed by atoms with Crippen LogP contribution >= 0.6 is 7.14 Å². The van der Waals surface area contributed by atoms with Crippen molar-refractivity contribution in [1.82, 2.24) is 0 Å². The third kappa shape index (κ3) is 4.98. The Hall–Kier alpha value is -4.27. The third-order valence-corrected chi connectivity index (χ3v) is 8.65. The van der Waals surface area contributed by atoms with Crippen molar-refractivity contribution in [3.05, 3.63) is 133 Å². The highest BCUT2D eigenvalue weighted by Crippen LogP contribution is 2.43. The first kappa shape index (κ1) is 22.5. The molecule has 0 aliphatic heterocycles. The summed E-state index contributed by atoms with van der Waals surface area (Å²) in [4.78, 5) is 0. The monoisotopic (exact) mass is 478 g/mol.